The highest BCUT2D eigenvalue weighted by Crippen LogP contribution is 2.37. The lowest BCUT2D eigenvalue weighted by Crippen LogP contribution is -2.19. The number of aliphatic imine (C=N–C) groups is 1. The Bertz CT molecular complexity index is 1160. The van der Waals surface area contributed by atoms with Crippen LogP contribution in [0.5, 0.6) is 5.75 Å². The first-order valence-electron chi connectivity index (χ1n) is 10.7. The number of hydrogen-bond acceptors (Lipinski definition) is 6. The Morgan fingerprint density at radius 2 is 1.91 bits per heavy atom. The Morgan fingerprint density at radius 1 is 1.15 bits per heavy atom. The number of aryl methyl sites for hydroxylation is 2. The maximum Gasteiger partial charge on any atom is 0.416 e. The highest BCUT2D eigenvalue weighted by molar-refractivity contribution is 7.15. The predicted octanol–water partition coefficient (Wildman–Crippen LogP) is 6.47. The van der Waals surface area contributed by atoms with Crippen molar-refractivity contribution < 1.29 is 22.7 Å². The van der Waals surface area contributed by atoms with E-state index in [0.717, 1.165) is 52.4 Å². The molecule has 1 aliphatic rings. The molecule has 0 saturated carbocycles. The minimum absolute atomic E-state index is 0.216. The van der Waals surface area contributed by atoms with Gasteiger partial charge in [-0.25, -0.2) is 15.5 Å². The zero-order valence-corrected chi connectivity index (χ0v) is 19.3. The van der Waals surface area contributed by atoms with Crippen molar-refractivity contribution >= 4 is 17.2 Å². The molecule has 1 N–H and O–H groups in total. The molecule has 0 bridgehead atoms. The van der Waals surface area contributed by atoms with Gasteiger partial charge in [0.25, 0.3) is 0 Å². The first-order chi connectivity index (χ1) is 15.8. The third-order valence-corrected chi connectivity index (χ3v) is 6.70. The van der Waals surface area contributed by atoms with Gasteiger partial charge >= 0.3 is 6.18 Å². The molecule has 1 aliphatic heterocycles. The van der Waals surface area contributed by atoms with E-state index < -0.39 is 11.7 Å². The summed E-state index contributed by atoms with van der Waals surface area (Å²) in [6, 6.07) is 11.0. The summed E-state index contributed by atoms with van der Waals surface area (Å²) >= 11 is 1.45. The number of nitrogens with one attached hydrogen (secondary N) is 1. The number of nitrogens with zero attached hydrogens (tertiary/aromatic N) is 2. The van der Waals surface area contributed by atoms with E-state index in [0.29, 0.717) is 23.1 Å². The summed E-state index contributed by atoms with van der Waals surface area (Å²) in [5, 5.41) is 0.674. The summed E-state index contributed by atoms with van der Waals surface area (Å²) in [6.45, 7) is 6.29. The van der Waals surface area contributed by atoms with Gasteiger partial charge in [-0.3, -0.25) is 4.84 Å². The summed E-state index contributed by atoms with van der Waals surface area (Å²) in [6.07, 6.45) is -3.04. The van der Waals surface area contributed by atoms with Gasteiger partial charge in [-0.2, -0.15) is 13.2 Å². The van der Waals surface area contributed by atoms with Gasteiger partial charge in [-0.15, -0.1) is 11.3 Å². The van der Waals surface area contributed by atoms with Crippen LogP contribution in [-0.2, 0) is 17.4 Å². The SMILES string of the molecule is CCc1cc(OC(CC)c2sc(-c3ccc(C(F)(F)F)cc3)nc2C)ccc1C1=NCON1. The second-order valence-corrected chi connectivity index (χ2v) is 8.64. The predicted molar refractivity (Wildman–Crippen MR) is 122 cm³/mol. The Labute approximate surface area is 194 Å². The number of halogens is 3. The molecule has 0 amide bonds. The number of amidine groups is 1. The largest absolute Gasteiger partial charge is 0.485 e. The number of thiazole rings is 1. The van der Waals surface area contributed by atoms with Crippen LogP contribution < -0.4 is 10.2 Å². The zero-order valence-electron chi connectivity index (χ0n) is 18.5. The van der Waals surface area contributed by atoms with Crippen LogP contribution in [0.25, 0.3) is 10.6 Å². The lowest BCUT2D eigenvalue weighted by Gasteiger charge is -2.18. The van der Waals surface area contributed by atoms with Crippen molar-refractivity contribution in [2.24, 2.45) is 4.99 Å². The Kier molecular flexibility index (Phi) is 6.71. The lowest BCUT2D eigenvalue weighted by atomic mass is 10.0. The van der Waals surface area contributed by atoms with E-state index in [1.54, 1.807) is 0 Å². The number of aromatic nitrogens is 1. The van der Waals surface area contributed by atoms with Crippen molar-refractivity contribution in [1.29, 1.82) is 0 Å². The van der Waals surface area contributed by atoms with Crippen LogP contribution in [0.2, 0.25) is 0 Å². The molecule has 0 fully saturated rings. The number of hydroxylamine groups is 1. The second-order valence-electron chi connectivity index (χ2n) is 7.61. The van der Waals surface area contributed by atoms with Gasteiger partial charge in [0.1, 0.15) is 16.9 Å². The van der Waals surface area contributed by atoms with Gasteiger partial charge in [0, 0.05) is 11.1 Å². The highest BCUT2D eigenvalue weighted by atomic mass is 32.1. The van der Waals surface area contributed by atoms with Crippen LogP contribution in [0.3, 0.4) is 0 Å². The topological polar surface area (TPSA) is 55.7 Å². The molecule has 33 heavy (non-hydrogen) atoms. The summed E-state index contributed by atoms with van der Waals surface area (Å²) in [5.74, 6) is 1.45. The molecular formula is C24H24F3N3O2S. The van der Waals surface area contributed by atoms with Gasteiger partial charge in [0.05, 0.1) is 16.1 Å². The zero-order chi connectivity index (χ0) is 23.6. The second kappa shape index (κ2) is 9.52. The number of hydrogen-bond donors (Lipinski definition) is 1. The fourth-order valence-electron chi connectivity index (χ4n) is 3.66. The van der Waals surface area contributed by atoms with Crippen LogP contribution in [-0.4, -0.2) is 17.6 Å². The van der Waals surface area contributed by atoms with Crippen LogP contribution >= 0.6 is 11.3 Å². The summed E-state index contributed by atoms with van der Waals surface area (Å²) in [7, 11) is 0. The Balaban J connectivity index is 1.57. The van der Waals surface area contributed by atoms with E-state index >= 15 is 0 Å². The van der Waals surface area contributed by atoms with E-state index in [9.17, 15) is 13.2 Å². The smallest absolute Gasteiger partial charge is 0.416 e. The fraction of sp³-hybridized carbons (Fsp3) is 0.333. The van der Waals surface area contributed by atoms with E-state index in [2.05, 4.69) is 22.4 Å². The van der Waals surface area contributed by atoms with Gasteiger partial charge in [0.15, 0.2) is 12.6 Å². The Hall–Kier alpha value is -2.91. The molecule has 9 heteroatoms. The van der Waals surface area contributed by atoms with E-state index in [-0.39, 0.29) is 6.10 Å². The van der Waals surface area contributed by atoms with Crippen molar-refractivity contribution in [1.82, 2.24) is 10.5 Å². The van der Waals surface area contributed by atoms with Crippen LogP contribution in [0.1, 0.15) is 53.6 Å². The van der Waals surface area contributed by atoms with Gasteiger partial charge < -0.3 is 4.74 Å². The van der Waals surface area contributed by atoms with E-state index in [1.807, 2.05) is 32.0 Å². The number of benzene rings is 2. The maximum atomic E-state index is 12.9. The standard InChI is InChI=1S/C24H24F3N3O2S/c1-4-15-12-18(10-11-19(15)22-28-13-31-30-22)32-20(5-2)21-14(3)29-23(33-21)16-6-8-17(9-7-16)24(25,26)27/h6-12,20H,4-5,13H2,1-3H3,(H,28,30). The minimum Gasteiger partial charge on any atom is -0.485 e. The van der Waals surface area contributed by atoms with Gasteiger partial charge in [-0.05, 0) is 55.7 Å². The van der Waals surface area contributed by atoms with E-state index in [4.69, 9.17) is 9.57 Å². The van der Waals surface area contributed by atoms with Gasteiger partial charge in [-0.1, -0.05) is 26.0 Å². The molecular weight excluding hydrogens is 451 g/mol. The average molecular weight is 476 g/mol. The quantitative estimate of drug-likeness (QED) is 0.426. The van der Waals surface area contributed by atoms with Crippen molar-refractivity contribution in [2.45, 2.75) is 45.9 Å². The number of ether oxygens (including phenoxy) is 1. The normalized spacial score (nSPS) is 14.7. The van der Waals surface area contributed by atoms with Crippen molar-refractivity contribution in [3.05, 3.63) is 69.7 Å². The molecule has 1 atom stereocenters. The average Bonchev–Trinajstić information content (AvgIpc) is 3.47. The summed E-state index contributed by atoms with van der Waals surface area (Å²) < 4.78 is 44.9. The van der Waals surface area contributed by atoms with Crippen molar-refractivity contribution in [3.8, 4) is 16.3 Å². The third-order valence-electron chi connectivity index (χ3n) is 5.40. The number of rotatable bonds is 7. The van der Waals surface area contributed by atoms with Crippen LogP contribution in [0, 0.1) is 6.92 Å². The molecule has 1 unspecified atom stereocenters. The minimum atomic E-state index is -4.36. The monoisotopic (exact) mass is 475 g/mol. The Morgan fingerprint density at radius 3 is 2.52 bits per heavy atom. The molecule has 2 heterocycles. The molecule has 3 aromatic rings. The van der Waals surface area contributed by atoms with Crippen molar-refractivity contribution in [2.75, 3.05) is 6.73 Å². The first kappa shape index (κ1) is 23.3. The molecule has 0 saturated heterocycles. The van der Waals surface area contributed by atoms with Crippen LogP contribution in [0.4, 0.5) is 13.2 Å². The molecule has 2 aromatic carbocycles. The summed E-state index contributed by atoms with van der Waals surface area (Å²) in [5.41, 5.74) is 5.69. The molecule has 1 aromatic heterocycles. The van der Waals surface area contributed by atoms with Gasteiger partial charge in [0.2, 0.25) is 0 Å². The van der Waals surface area contributed by atoms with Crippen molar-refractivity contribution in [3.63, 3.8) is 0 Å². The maximum absolute atomic E-state index is 12.9. The molecule has 0 spiro atoms. The molecule has 0 aliphatic carbocycles. The molecule has 5 nitrogen and oxygen atoms in total. The molecule has 174 valence electrons. The van der Waals surface area contributed by atoms with Crippen LogP contribution in [0.15, 0.2) is 47.5 Å². The summed E-state index contributed by atoms with van der Waals surface area (Å²) in [4.78, 5) is 15.0. The molecule has 4 rings (SSSR count). The molecule has 0 radical (unpaired) electrons. The van der Waals surface area contributed by atoms with E-state index in [1.165, 1.54) is 23.5 Å². The fourth-order valence-corrected chi connectivity index (χ4v) is 4.84. The highest BCUT2D eigenvalue weighted by Gasteiger charge is 2.30. The lowest BCUT2D eigenvalue weighted by molar-refractivity contribution is -0.137. The third kappa shape index (κ3) is 5.04. The number of alkyl halides is 3. The first-order valence-corrected chi connectivity index (χ1v) is 11.5.